The number of hydrogen-bond acceptors (Lipinski definition) is 3. The molecule has 5 nitrogen and oxygen atoms in total. The van der Waals surface area contributed by atoms with Gasteiger partial charge in [0.1, 0.15) is 6.61 Å². The van der Waals surface area contributed by atoms with Gasteiger partial charge in [0.25, 0.3) is 0 Å². The molecule has 1 fully saturated rings. The summed E-state index contributed by atoms with van der Waals surface area (Å²) in [4.78, 5) is 8.60. The SMILES string of the molecule is CN=C(NCc1ccnc(OCc2ccccc2)c1)NC1CCCC1.I. The van der Waals surface area contributed by atoms with E-state index in [4.69, 9.17) is 4.74 Å². The van der Waals surface area contributed by atoms with Crippen LogP contribution in [0.2, 0.25) is 0 Å². The number of guanidine groups is 1. The van der Waals surface area contributed by atoms with Gasteiger partial charge < -0.3 is 15.4 Å². The van der Waals surface area contributed by atoms with Crippen LogP contribution < -0.4 is 15.4 Å². The van der Waals surface area contributed by atoms with Crippen LogP contribution in [0.1, 0.15) is 36.8 Å². The van der Waals surface area contributed by atoms with Crippen molar-refractivity contribution >= 4 is 29.9 Å². The lowest BCUT2D eigenvalue weighted by molar-refractivity contribution is 0.293. The van der Waals surface area contributed by atoms with Crippen LogP contribution in [0.4, 0.5) is 0 Å². The predicted octanol–water partition coefficient (Wildman–Crippen LogP) is 3.89. The Morgan fingerprint density at radius 2 is 1.92 bits per heavy atom. The van der Waals surface area contributed by atoms with Crippen LogP contribution in [0.15, 0.2) is 53.7 Å². The third kappa shape index (κ3) is 6.48. The molecule has 0 aliphatic heterocycles. The van der Waals surface area contributed by atoms with E-state index in [1.165, 1.54) is 25.7 Å². The molecule has 1 saturated carbocycles. The zero-order chi connectivity index (χ0) is 17.3. The summed E-state index contributed by atoms with van der Waals surface area (Å²) in [5, 5.41) is 6.86. The Morgan fingerprint density at radius 1 is 1.15 bits per heavy atom. The molecule has 0 radical (unpaired) electrons. The lowest BCUT2D eigenvalue weighted by atomic mass is 10.2. The highest BCUT2D eigenvalue weighted by Gasteiger charge is 2.15. The molecule has 0 unspecified atom stereocenters. The molecule has 1 heterocycles. The Morgan fingerprint density at radius 3 is 2.65 bits per heavy atom. The highest BCUT2D eigenvalue weighted by molar-refractivity contribution is 14.0. The van der Waals surface area contributed by atoms with Crippen molar-refractivity contribution in [3.05, 3.63) is 59.8 Å². The third-order valence-electron chi connectivity index (χ3n) is 4.41. The van der Waals surface area contributed by atoms with E-state index in [1.807, 2.05) is 49.5 Å². The molecule has 1 aliphatic carbocycles. The molecule has 2 aromatic rings. The van der Waals surface area contributed by atoms with Crippen LogP contribution in [-0.2, 0) is 13.2 Å². The number of halogens is 1. The molecule has 0 amide bonds. The molecule has 0 spiro atoms. The molecular formula is C20H27IN4O. The molecule has 3 rings (SSSR count). The zero-order valence-electron chi connectivity index (χ0n) is 15.1. The van der Waals surface area contributed by atoms with Gasteiger partial charge >= 0.3 is 0 Å². The summed E-state index contributed by atoms with van der Waals surface area (Å²) in [6.45, 7) is 1.21. The number of aromatic nitrogens is 1. The van der Waals surface area contributed by atoms with Gasteiger partial charge in [0.15, 0.2) is 5.96 Å². The maximum absolute atomic E-state index is 5.79. The van der Waals surface area contributed by atoms with Crippen molar-refractivity contribution < 1.29 is 4.74 Å². The smallest absolute Gasteiger partial charge is 0.213 e. The molecule has 140 valence electrons. The number of rotatable bonds is 6. The van der Waals surface area contributed by atoms with Crippen LogP contribution in [-0.4, -0.2) is 24.0 Å². The Balaban J connectivity index is 0.00000243. The summed E-state index contributed by atoms with van der Waals surface area (Å²) in [5.74, 6) is 1.50. The lowest BCUT2D eigenvalue weighted by Gasteiger charge is -2.17. The van der Waals surface area contributed by atoms with Crippen molar-refractivity contribution in [3.8, 4) is 5.88 Å². The maximum Gasteiger partial charge on any atom is 0.213 e. The number of aliphatic imine (C=N–C) groups is 1. The third-order valence-corrected chi connectivity index (χ3v) is 4.41. The van der Waals surface area contributed by atoms with Crippen molar-refractivity contribution in [2.75, 3.05) is 7.05 Å². The Bertz CT molecular complexity index is 687. The van der Waals surface area contributed by atoms with Gasteiger partial charge in [-0.3, -0.25) is 4.99 Å². The quantitative estimate of drug-likeness (QED) is 0.386. The fraction of sp³-hybridized carbons (Fsp3) is 0.400. The second kappa shape index (κ2) is 11.0. The molecule has 0 bridgehead atoms. The monoisotopic (exact) mass is 466 g/mol. The summed E-state index contributed by atoms with van der Waals surface area (Å²) in [5.41, 5.74) is 2.25. The summed E-state index contributed by atoms with van der Waals surface area (Å²) >= 11 is 0. The topological polar surface area (TPSA) is 58.5 Å². The van der Waals surface area contributed by atoms with E-state index in [1.54, 1.807) is 6.20 Å². The average Bonchev–Trinajstić information content (AvgIpc) is 3.18. The minimum atomic E-state index is 0. The van der Waals surface area contributed by atoms with Gasteiger partial charge in [0.05, 0.1) is 0 Å². The summed E-state index contributed by atoms with van der Waals surface area (Å²) < 4.78 is 5.79. The van der Waals surface area contributed by atoms with E-state index in [-0.39, 0.29) is 24.0 Å². The second-order valence-electron chi connectivity index (χ2n) is 6.33. The van der Waals surface area contributed by atoms with Gasteiger partial charge in [0.2, 0.25) is 5.88 Å². The Hall–Kier alpha value is -1.83. The molecule has 1 aromatic carbocycles. The first-order chi connectivity index (χ1) is 12.3. The first-order valence-corrected chi connectivity index (χ1v) is 8.92. The highest BCUT2D eigenvalue weighted by Crippen LogP contribution is 2.17. The van der Waals surface area contributed by atoms with Gasteiger partial charge in [-0.25, -0.2) is 4.98 Å². The molecule has 1 aliphatic rings. The van der Waals surface area contributed by atoms with E-state index in [0.29, 0.717) is 25.1 Å². The molecule has 1 aromatic heterocycles. The van der Waals surface area contributed by atoms with E-state index < -0.39 is 0 Å². The van der Waals surface area contributed by atoms with Crippen LogP contribution in [0.5, 0.6) is 5.88 Å². The van der Waals surface area contributed by atoms with Crippen molar-refractivity contribution in [1.29, 1.82) is 0 Å². The second-order valence-corrected chi connectivity index (χ2v) is 6.33. The number of benzene rings is 1. The highest BCUT2D eigenvalue weighted by atomic mass is 127. The van der Waals surface area contributed by atoms with Crippen LogP contribution in [0.25, 0.3) is 0 Å². The van der Waals surface area contributed by atoms with Crippen molar-refractivity contribution in [2.24, 2.45) is 4.99 Å². The van der Waals surface area contributed by atoms with Gasteiger partial charge in [0, 0.05) is 31.9 Å². The van der Waals surface area contributed by atoms with Crippen LogP contribution >= 0.6 is 24.0 Å². The maximum atomic E-state index is 5.79. The number of nitrogens with one attached hydrogen (secondary N) is 2. The molecule has 2 N–H and O–H groups in total. The fourth-order valence-electron chi connectivity index (χ4n) is 3.01. The molecule has 6 heteroatoms. The molecule has 26 heavy (non-hydrogen) atoms. The van der Waals surface area contributed by atoms with Crippen molar-refractivity contribution in [2.45, 2.75) is 44.9 Å². The summed E-state index contributed by atoms with van der Waals surface area (Å²) in [6, 6.07) is 14.6. The summed E-state index contributed by atoms with van der Waals surface area (Å²) in [6.07, 6.45) is 6.85. The normalized spacial score (nSPS) is 14.6. The van der Waals surface area contributed by atoms with E-state index in [9.17, 15) is 0 Å². The van der Waals surface area contributed by atoms with E-state index >= 15 is 0 Å². The molecular weight excluding hydrogens is 439 g/mol. The lowest BCUT2D eigenvalue weighted by Crippen LogP contribution is -2.41. The predicted molar refractivity (Wildman–Crippen MR) is 116 cm³/mol. The van der Waals surface area contributed by atoms with Gasteiger partial charge in [-0.2, -0.15) is 0 Å². The minimum absolute atomic E-state index is 0. The van der Waals surface area contributed by atoms with Crippen molar-refractivity contribution in [3.63, 3.8) is 0 Å². The van der Waals surface area contributed by atoms with Gasteiger partial charge in [-0.1, -0.05) is 43.2 Å². The van der Waals surface area contributed by atoms with Crippen LogP contribution in [0, 0.1) is 0 Å². The number of hydrogen-bond donors (Lipinski definition) is 2. The number of pyridine rings is 1. The largest absolute Gasteiger partial charge is 0.473 e. The first kappa shape index (κ1) is 20.5. The van der Waals surface area contributed by atoms with Gasteiger partial charge in [-0.05, 0) is 30.0 Å². The number of nitrogens with zero attached hydrogens (tertiary/aromatic N) is 2. The molecule has 0 atom stereocenters. The Labute approximate surface area is 172 Å². The van der Waals surface area contributed by atoms with Gasteiger partial charge in [-0.15, -0.1) is 24.0 Å². The first-order valence-electron chi connectivity index (χ1n) is 8.92. The standard InChI is InChI=1S/C20H26N4O.HI/c1-21-20(24-18-9-5-6-10-18)23-14-17-11-12-22-19(13-17)25-15-16-7-3-2-4-8-16;/h2-4,7-8,11-13,18H,5-6,9-10,14-15H2,1H3,(H2,21,23,24);1H. The van der Waals surface area contributed by atoms with E-state index in [0.717, 1.165) is 17.1 Å². The van der Waals surface area contributed by atoms with E-state index in [2.05, 4.69) is 20.6 Å². The van der Waals surface area contributed by atoms with Crippen molar-refractivity contribution in [1.82, 2.24) is 15.6 Å². The van der Waals surface area contributed by atoms with Crippen LogP contribution in [0.3, 0.4) is 0 Å². The fourth-order valence-corrected chi connectivity index (χ4v) is 3.01. The molecule has 0 saturated heterocycles. The average molecular weight is 466 g/mol. The Kier molecular flexibility index (Phi) is 8.67. The minimum Gasteiger partial charge on any atom is -0.473 e. The summed E-state index contributed by atoms with van der Waals surface area (Å²) in [7, 11) is 1.81. The number of ether oxygens (including phenoxy) is 1. The zero-order valence-corrected chi connectivity index (χ0v) is 17.5.